The minimum Gasteiger partial charge on any atom is -0.452 e. The number of carbonyl (C=O) groups excluding carboxylic acids is 2. The number of esters is 1. The van der Waals surface area contributed by atoms with E-state index in [0.29, 0.717) is 0 Å². The van der Waals surface area contributed by atoms with Crippen molar-refractivity contribution in [3.8, 4) is 0 Å². The molecule has 0 saturated heterocycles. The molecular formula is C19H25NO3S. The van der Waals surface area contributed by atoms with Crippen molar-refractivity contribution < 1.29 is 14.3 Å². The van der Waals surface area contributed by atoms with Gasteiger partial charge < -0.3 is 10.1 Å². The molecule has 1 N–H and O–H groups in total. The minimum atomic E-state index is -0.503. The average Bonchev–Trinajstić information content (AvgIpc) is 2.60. The zero-order chi connectivity index (χ0) is 17.4. The van der Waals surface area contributed by atoms with E-state index in [4.69, 9.17) is 4.74 Å². The molecule has 0 heterocycles. The highest BCUT2D eigenvalue weighted by atomic mass is 32.2. The van der Waals surface area contributed by atoms with Crippen molar-refractivity contribution in [3.63, 3.8) is 0 Å². The fourth-order valence-corrected chi connectivity index (χ4v) is 3.15. The predicted octanol–water partition coefficient (Wildman–Crippen LogP) is 3.66. The van der Waals surface area contributed by atoms with Gasteiger partial charge >= 0.3 is 5.97 Å². The summed E-state index contributed by atoms with van der Waals surface area (Å²) in [5.41, 5.74) is 0.922. The number of rotatable bonds is 6. The number of benzene rings is 1. The van der Waals surface area contributed by atoms with E-state index in [1.807, 2.05) is 30.5 Å². The summed E-state index contributed by atoms with van der Waals surface area (Å²) in [5, 5.41) is 2.94. The Morgan fingerprint density at radius 3 is 2.50 bits per heavy atom. The molecule has 1 aromatic rings. The summed E-state index contributed by atoms with van der Waals surface area (Å²) in [4.78, 5) is 24.7. The zero-order valence-corrected chi connectivity index (χ0v) is 15.1. The molecule has 1 fully saturated rings. The van der Waals surface area contributed by atoms with Gasteiger partial charge in [-0.25, -0.2) is 4.79 Å². The monoisotopic (exact) mass is 347 g/mol. The Morgan fingerprint density at radius 1 is 1.21 bits per heavy atom. The Hall–Kier alpha value is -1.75. The Morgan fingerprint density at radius 2 is 1.88 bits per heavy atom. The van der Waals surface area contributed by atoms with Gasteiger partial charge in [0.25, 0.3) is 5.91 Å². The number of nitrogens with one attached hydrogen (secondary N) is 1. The smallest absolute Gasteiger partial charge is 0.331 e. The molecular weight excluding hydrogens is 322 g/mol. The van der Waals surface area contributed by atoms with Crippen LogP contribution < -0.4 is 5.32 Å². The van der Waals surface area contributed by atoms with Gasteiger partial charge in [-0.05, 0) is 61.6 Å². The Bertz CT molecular complexity index is 575. The van der Waals surface area contributed by atoms with Crippen molar-refractivity contribution in [3.05, 3.63) is 35.9 Å². The van der Waals surface area contributed by atoms with E-state index in [9.17, 15) is 9.59 Å². The fourth-order valence-electron chi connectivity index (χ4n) is 2.74. The normalized spacial score (nSPS) is 20.8. The first-order valence-corrected chi connectivity index (χ1v) is 9.57. The first-order valence-electron chi connectivity index (χ1n) is 8.35. The molecule has 5 heteroatoms. The number of carbonyl (C=O) groups is 2. The molecule has 0 aliphatic heterocycles. The van der Waals surface area contributed by atoms with Crippen LogP contribution in [0.4, 0.5) is 0 Å². The van der Waals surface area contributed by atoms with Crippen LogP contribution in [0.3, 0.4) is 0 Å². The largest absolute Gasteiger partial charge is 0.452 e. The summed E-state index contributed by atoms with van der Waals surface area (Å²) < 4.78 is 4.99. The number of ether oxygens (including phenoxy) is 1. The van der Waals surface area contributed by atoms with Gasteiger partial charge in [0.05, 0.1) is 0 Å². The van der Waals surface area contributed by atoms with Gasteiger partial charge in [-0.15, -0.1) is 11.8 Å². The Balaban J connectivity index is 1.69. The lowest BCUT2D eigenvalue weighted by Crippen LogP contribution is -2.39. The van der Waals surface area contributed by atoms with Crippen molar-refractivity contribution in [1.82, 2.24) is 5.32 Å². The lowest BCUT2D eigenvalue weighted by molar-refractivity contribution is -0.144. The van der Waals surface area contributed by atoms with Crippen LogP contribution >= 0.6 is 11.8 Å². The molecule has 0 bridgehead atoms. The van der Waals surface area contributed by atoms with Crippen molar-refractivity contribution >= 4 is 29.7 Å². The highest BCUT2D eigenvalue weighted by Gasteiger charge is 2.19. The molecule has 130 valence electrons. The molecule has 0 aromatic heterocycles. The van der Waals surface area contributed by atoms with Crippen molar-refractivity contribution in [1.29, 1.82) is 0 Å². The number of thioether (sulfide) groups is 1. The zero-order valence-electron chi connectivity index (χ0n) is 14.3. The SMILES string of the molecule is CSc1ccc(/C=C/C(=O)OCC(=O)NC2CCC(C)CC2)cc1. The highest BCUT2D eigenvalue weighted by Crippen LogP contribution is 2.23. The Labute approximate surface area is 148 Å². The third kappa shape index (κ3) is 6.40. The van der Waals surface area contributed by atoms with E-state index < -0.39 is 5.97 Å². The van der Waals surface area contributed by atoms with Crippen LogP contribution in [-0.4, -0.2) is 30.8 Å². The summed E-state index contributed by atoms with van der Waals surface area (Å²) in [6.07, 6.45) is 9.35. The summed E-state index contributed by atoms with van der Waals surface area (Å²) in [6, 6.07) is 8.08. The average molecular weight is 347 g/mol. The van der Waals surface area contributed by atoms with Crippen molar-refractivity contribution in [2.75, 3.05) is 12.9 Å². The first kappa shape index (κ1) is 18.6. The van der Waals surface area contributed by atoms with Crippen LogP contribution in [0.1, 0.15) is 38.2 Å². The summed E-state index contributed by atoms with van der Waals surface area (Å²) >= 11 is 1.67. The molecule has 1 saturated carbocycles. The van der Waals surface area contributed by atoms with Crippen molar-refractivity contribution in [2.45, 2.75) is 43.5 Å². The van der Waals surface area contributed by atoms with Gasteiger partial charge in [0.2, 0.25) is 0 Å². The van der Waals surface area contributed by atoms with Crippen LogP contribution in [0.15, 0.2) is 35.2 Å². The summed E-state index contributed by atoms with van der Waals surface area (Å²) in [5.74, 6) is 0.0167. The number of amides is 1. The quantitative estimate of drug-likeness (QED) is 0.485. The van der Waals surface area contributed by atoms with Crippen LogP contribution in [0, 0.1) is 5.92 Å². The second-order valence-electron chi connectivity index (χ2n) is 6.24. The maximum Gasteiger partial charge on any atom is 0.331 e. The van der Waals surface area contributed by atoms with Gasteiger partial charge in [0.1, 0.15) is 0 Å². The fraction of sp³-hybridized carbons (Fsp3) is 0.474. The number of hydrogen-bond acceptors (Lipinski definition) is 4. The van der Waals surface area contributed by atoms with Gasteiger partial charge in [0.15, 0.2) is 6.61 Å². The number of hydrogen-bond donors (Lipinski definition) is 1. The third-order valence-electron chi connectivity index (χ3n) is 4.25. The third-order valence-corrected chi connectivity index (χ3v) is 5.00. The molecule has 1 aliphatic carbocycles. The maximum absolute atomic E-state index is 11.8. The lowest BCUT2D eigenvalue weighted by Gasteiger charge is -2.26. The molecule has 0 unspecified atom stereocenters. The van der Waals surface area contributed by atoms with E-state index in [1.54, 1.807) is 17.8 Å². The first-order chi connectivity index (χ1) is 11.6. The Kier molecular flexibility index (Phi) is 7.37. The molecule has 1 amide bonds. The summed E-state index contributed by atoms with van der Waals surface area (Å²) in [7, 11) is 0. The molecule has 24 heavy (non-hydrogen) atoms. The molecule has 0 spiro atoms. The molecule has 0 atom stereocenters. The van der Waals surface area contributed by atoms with Crippen LogP contribution in [0.25, 0.3) is 6.08 Å². The second-order valence-corrected chi connectivity index (χ2v) is 7.12. The van der Waals surface area contributed by atoms with Crippen LogP contribution in [0.5, 0.6) is 0 Å². The van der Waals surface area contributed by atoms with Gasteiger partial charge in [0, 0.05) is 17.0 Å². The van der Waals surface area contributed by atoms with E-state index in [-0.39, 0.29) is 18.6 Å². The molecule has 2 rings (SSSR count). The highest BCUT2D eigenvalue weighted by molar-refractivity contribution is 7.98. The summed E-state index contributed by atoms with van der Waals surface area (Å²) in [6.45, 7) is 2.02. The topological polar surface area (TPSA) is 55.4 Å². The molecule has 1 aromatic carbocycles. The molecule has 0 radical (unpaired) electrons. The van der Waals surface area contributed by atoms with E-state index in [2.05, 4.69) is 12.2 Å². The van der Waals surface area contributed by atoms with Crippen LogP contribution in [-0.2, 0) is 14.3 Å². The maximum atomic E-state index is 11.8. The minimum absolute atomic E-state index is 0.220. The molecule has 1 aliphatic rings. The lowest BCUT2D eigenvalue weighted by atomic mass is 9.87. The predicted molar refractivity (Wildman–Crippen MR) is 97.8 cm³/mol. The van der Waals surface area contributed by atoms with E-state index >= 15 is 0 Å². The van der Waals surface area contributed by atoms with E-state index in [1.165, 1.54) is 11.0 Å². The van der Waals surface area contributed by atoms with E-state index in [0.717, 1.165) is 37.2 Å². The van der Waals surface area contributed by atoms with Gasteiger partial charge in [-0.3, -0.25) is 4.79 Å². The standard InChI is InChI=1S/C19H25NO3S/c1-14-3-8-16(9-4-14)20-18(21)13-23-19(22)12-7-15-5-10-17(24-2)11-6-15/h5-7,10-12,14,16H,3-4,8-9,13H2,1-2H3,(H,20,21)/b12-7+. The van der Waals surface area contributed by atoms with Gasteiger partial charge in [-0.1, -0.05) is 19.1 Å². The van der Waals surface area contributed by atoms with Crippen LogP contribution in [0.2, 0.25) is 0 Å². The van der Waals surface area contributed by atoms with Crippen molar-refractivity contribution in [2.24, 2.45) is 5.92 Å². The molecule has 4 nitrogen and oxygen atoms in total. The van der Waals surface area contributed by atoms with Gasteiger partial charge in [-0.2, -0.15) is 0 Å². The second kappa shape index (κ2) is 9.52.